The summed E-state index contributed by atoms with van der Waals surface area (Å²) in [6.45, 7) is 1.88. The van der Waals surface area contributed by atoms with Crippen molar-refractivity contribution in [3.8, 4) is 0 Å². The summed E-state index contributed by atoms with van der Waals surface area (Å²) in [7, 11) is -3.54. The maximum atomic E-state index is 13.5. The van der Waals surface area contributed by atoms with Crippen molar-refractivity contribution >= 4 is 20.8 Å². The predicted octanol–water partition coefficient (Wildman–Crippen LogP) is 2.42. The molecule has 0 unspecified atom stereocenters. The van der Waals surface area contributed by atoms with Crippen molar-refractivity contribution in [2.45, 2.75) is 30.2 Å². The second-order valence-corrected chi connectivity index (χ2v) is 9.19. The van der Waals surface area contributed by atoms with Gasteiger partial charge in [-0.3, -0.25) is 4.98 Å². The minimum Gasteiger partial charge on any atom is -0.379 e. The SMILES string of the molecule is O=S(=O)(c1cccc2cnccc12)N1CC2(CCC2)[C@@H]2COC[C@@H]21. The molecular formula is C18H20N2O3S. The molecular weight excluding hydrogens is 324 g/mol. The molecule has 2 atom stereocenters. The van der Waals surface area contributed by atoms with E-state index in [1.165, 1.54) is 6.42 Å². The Morgan fingerprint density at radius 1 is 1.21 bits per heavy atom. The van der Waals surface area contributed by atoms with E-state index in [4.69, 9.17) is 4.74 Å². The molecule has 5 rings (SSSR count). The molecule has 1 aliphatic carbocycles. The molecule has 0 N–H and O–H groups in total. The van der Waals surface area contributed by atoms with Crippen LogP contribution in [-0.4, -0.2) is 43.5 Å². The lowest BCUT2D eigenvalue weighted by atomic mass is 9.62. The van der Waals surface area contributed by atoms with Gasteiger partial charge in [0.2, 0.25) is 10.0 Å². The van der Waals surface area contributed by atoms with Crippen LogP contribution >= 0.6 is 0 Å². The van der Waals surface area contributed by atoms with Gasteiger partial charge in [0.05, 0.1) is 24.2 Å². The Bertz CT molecular complexity index is 902. The third kappa shape index (κ3) is 1.87. The van der Waals surface area contributed by atoms with Gasteiger partial charge in [-0.15, -0.1) is 0 Å². The van der Waals surface area contributed by atoms with Crippen LogP contribution in [0.2, 0.25) is 0 Å². The lowest BCUT2D eigenvalue weighted by Gasteiger charge is -2.42. The molecule has 1 aromatic carbocycles. The molecule has 2 aliphatic heterocycles. The molecule has 1 saturated carbocycles. The van der Waals surface area contributed by atoms with Gasteiger partial charge in [0.15, 0.2) is 0 Å². The Hall–Kier alpha value is -1.50. The first-order chi connectivity index (χ1) is 11.6. The number of aromatic nitrogens is 1. The average Bonchev–Trinajstić information content (AvgIpc) is 3.14. The highest BCUT2D eigenvalue weighted by Gasteiger charge is 2.60. The Morgan fingerprint density at radius 2 is 2.08 bits per heavy atom. The normalized spacial score (nSPS) is 29.0. The average molecular weight is 344 g/mol. The Kier molecular flexibility index (Phi) is 3.09. The van der Waals surface area contributed by atoms with Crippen LogP contribution in [-0.2, 0) is 14.8 Å². The molecule has 1 aromatic heterocycles. The van der Waals surface area contributed by atoms with Crippen LogP contribution in [0.4, 0.5) is 0 Å². The molecule has 0 radical (unpaired) electrons. The van der Waals surface area contributed by atoms with Crippen molar-refractivity contribution in [2.24, 2.45) is 11.3 Å². The van der Waals surface area contributed by atoms with Crippen LogP contribution in [0.1, 0.15) is 19.3 Å². The molecule has 2 saturated heterocycles. The van der Waals surface area contributed by atoms with Gasteiger partial charge >= 0.3 is 0 Å². The third-order valence-electron chi connectivity index (χ3n) is 6.25. The molecule has 3 fully saturated rings. The minimum atomic E-state index is -3.54. The number of pyridine rings is 1. The van der Waals surface area contributed by atoms with Crippen molar-refractivity contribution in [1.82, 2.24) is 9.29 Å². The molecule has 0 bridgehead atoms. The number of benzene rings is 1. The molecule has 24 heavy (non-hydrogen) atoms. The van der Waals surface area contributed by atoms with Gasteiger partial charge in [0.25, 0.3) is 0 Å². The summed E-state index contributed by atoms with van der Waals surface area (Å²) in [5.41, 5.74) is 0.153. The number of fused-ring (bicyclic) bond motifs is 3. The Morgan fingerprint density at radius 3 is 2.88 bits per heavy atom. The van der Waals surface area contributed by atoms with Crippen LogP contribution in [0.15, 0.2) is 41.6 Å². The third-order valence-corrected chi connectivity index (χ3v) is 8.18. The van der Waals surface area contributed by atoms with Gasteiger partial charge in [-0.25, -0.2) is 8.42 Å². The summed E-state index contributed by atoms with van der Waals surface area (Å²) < 4.78 is 34.3. The lowest BCUT2D eigenvalue weighted by Crippen LogP contribution is -2.39. The van der Waals surface area contributed by atoms with Crippen molar-refractivity contribution in [3.63, 3.8) is 0 Å². The fourth-order valence-electron chi connectivity index (χ4n) is 4.82. The summed E-state index contributed by atoms with van der Waals surface area (Å²) in [6, 6.07) is 7.20. The highest BCUT2D eigenvalue weighted by Crippen LogP contribution is 2.56. The molecule has 5 nitrogen and oxygen atoms in total. The second kappa shape index (κ2) is 5.00. The summed E-state index contributed by atoms with van der Waals surface area (Å²) in [6.07, 6.45) is 6.83. The highest BCUT2D eigenvalue weighted by molar-refractivity contribution is 7.89. The number of ether oxygens (including phenoxy) is 1. The van der Waals surface area contributed by atoms with Crippen LogP contribution < -0.4 is 0 Å². The maximum Gasteiger partial charge on any atom is 0.244 e. The molecule has 3 aliphatic rings. The van der Waals surface area contributed by atoms with E-state index < -0.39 is 10.0 Å². The highest BCUT2D eigenvalue weighted by atomic mass is 32.2. The summed E-state index contributed by atoms with van der Waals surface area (Å²) in [5.74, 6) is 0.359. The molecule has 1 spiro atoms. The van der Waals surface area contributed by atoms with Gasteiger partial charge in [-0.2, -0.15) is 4.31 Å². The van der Waals surface area contributed by atoms with E-state index in [2.05, 4.69) is 4.98 Å². The van der Waals surface area contributed by atoms with E-state index in [0.29, 0.717) is 30.6 Å². The predicted molar refractivity (Wildman–Crippen MR) is 90.0 cm³/mol. The molecule has 126 valence electrons. The zero-order chi connectivity index (χ0) is 16.4. The van der Waals surface area contributed by atoms with Gasteiger partial charge in [0, 0.05) is 35.6 Å². The Labute approximate surface area is 141 Å². The number of rotatable bonds is 2. The first kappa shape index (κ1) is 14.8. The minimum absolute atomic E-state index is 0.00704. The monoisotopic (exact) mass is 344 g/mol. The van der Waals surface area contributed by atoms with E-state index in [-0.39, 0.29) is 11.5 Å². The van der Waals surface area contributed by atoms with Gasteiger partial charge in [-0.05, 0) is 30.4 Å². The number of sulfonamides is 1. The topological polar surface area (TPSA) is 59.5 Å². The second-order valence-electron chi connectivity index (χ2n) is 7.33. The van der Waals surface area contributed by atoms with E-state index >= 15 is 0 Å². The zero-order valence-corrected chi connectivity index (χ0v) is 14.2. The molecule has 3 heterocycles. The van der Waals surface area contributed by atoms with Crippen molar-refractivity contribution in [1.29, 1.82) is 0 Å². The van der Waals surface area contributed by atoms with Crippen molar-refractivity contribution in [2.75, 3.05) is 19.8 Å². The number of nitrogens with zero attached hydrogens (tertiary/aromatic N) is 2. The number of hydrogen-bond donors (Lipinski definition) is 0. The van der Waals surface area contributed by atoms with E-state index in [1.54, 1.807) is 34.9 Å². The summed E-state index contributed by atoms with van der Waals surface area (Å²) in [5, 5.41) is 1.60. The van der Waals surface area contributed by atoms with Gasteiger partial charge in [0.1, 0.15) is 0 Å². The fraction of sp³-hybridized carbons (Fsp3) is 0.500. The quantitative estimate of drug-likeness (QED) is 0.839. The zero-order valence-electron chi connectivity index (χ0n) is 13.4. The van der Waals surface area contributed by atoms with Gasteiger partial charge in [-0.1, -0.05) is 18.6 Å². The van der Waals surface area contributed by atoms with E-state index in [1.807, 2.05) is 6.07 Å². The standard InChI is InChI=1S/C18H20N2O3S/c21-24(22,17-4-1-3-13-9-19-8-5-14(13)17)20-12-18(6-2-7-18)15-10-23-11-16(15)20/h1,3-5,8-9,15-16H,2,6-7,10-12H2/t15-,16+/m1/s1. The first-order valence-corrected chi connectivity index (χ1v) is 9.98. The molecule has 6 heteroatoms. The van der Waals surface area contributed by atoms with Gasteiger partial charge < -0.3 is 4.74 Å². The first-order valence-electron chi connectivity index (χ1n) is 8.54. The van der Waals surface area contributed by atoms with E-state index in [0.717, 1.165) is 23.6 Å². The van der Waals surface area contributed by atoms with Crippen molar-refractivity contribution < 1.29 is 13.2 Å². The lowest BCUT2D eigenvalue weighted by molar-refractivity contribution is 0.0601. The van der Waals surface area contributed by atoms with Crippen molar-refractivity contribution in [3.05, 3.63) is 36.7 Å². The van der Waals surface area contributed by atoms with Crippen LogP contribution in [0.5, 0.6) is 0 Å². The maximum absolute atomic E-state index is 13.5. The van der Waals surface area contributed by atoms with E-state index in [9.17, 15) is 8.42 Å². The fourth-order valence-corrected chi connectivity index (χ4v) is 6.78. The molecule has 2 aromatic rings. The van der Waals surface area contributed by atoms with Crippen LogP contribution in [0.25, 0.3) is 10.8 Å². The summed E-state index contributed by atoms with van der Waals surface area (Å²) in [4.78, 5) is 4.50. The smallest absolute Gasteiger partial charge is 0.244 e. The summed E-state index contributed by atoms with van der Waals surface area (Å²) >= 11 is 0. The largest absolute Gasteiger partial charge is 0.379 e. The van der Waals surface area contributed by atoms with Crippen LogP contribution in [0, 0.1) is 11.3 Å². The molecule has 0 amide bonds. The Balaban J connectivity index is 1.62. The number of hydrogen-bond acceptors (Lipinski definition) is 4. The van der Waals surface area contributed by atoms with Crippen LogP contribution in [0.3, 0.4) is 0 Å².